The van der Waals surface area contributed by atoms with E-state index in [4.69, 9.17) is 4.74 Å². The average Bonchev–Trinajstić information content (AvgIpc) is 3.03. The summed E-state index contributed by atoms with van der Waals surface area (Å²) in [5.74, 6) is 1.00. The molecule has 6 heteroatoms. The fraction of sp³-hybridized carbons (Fsp3) is 0.812. The summed E-state index contributed by atoms with van der Waals surface area (Å²) in [6.45, 7) is 5.65. The molecule has 1 aromatic heterocycles. The molecular weight excluding hydrogens is 298 g/mol. The third-order valence-corrected chi connectivity index (χ3v) is 7.16. The zero-order valence-electron chi connectivity index (χ0n) is 13.2. The number of piperidine rings is 1. The quantitative estimate of drug-likeness (QED) is 0.773. The number of hydrogen-bond acceptors (Lipinski definition) is 5. The van der Waals surface area contributed by atoms with Crippen LogP contribution in [-0.2, 0) is 4.74 Å². The summed E-state index contributed by atoms with van der Waals surface area (Å²) in [5.41, 5.74) is 0.549. The topological polar surface area (TPSA) is 70.2 Å². The van der Waals surface area contributed by atoms with Gasteiger partial charge >= 0.3 is 0 Å². The predicted molar refractivity (Wildman–Crippen MR) is 86.8 cm³/mol. The minimum atomic E-state index is -0.692. The van der Waals surface area contributed by atoms with E-state index in [9.17, 15) is 5.11 Å². The molecule has 0 radical (unpaired) electrons. The fourth-order valence-electron chi connectivity index (χ4n) is 4.64. The summed E-state index contributed by atoms with van der Waals surface area (Å²) in [6, 6.07) is 0.154. The van der Waals surface area contributed by atoms with Crippen LogP contribution < -0.4 is 5.32 Å². The van der Waals surface area contributed by atoms with Gasteiger partial charge in [0.25, 0.3) is 0 Å². The number of thioether (sulfide) groups is 1. The number of nitrogens with zero attached hydrogens (tertiary/aromatic N) is 1. The van der Waals surface area contributed by atoms with Crippen LogP contribution in [-0.4, -0.2) is 51.5 Å². The molecule has 22 heavy (non-hydrogen) atoms. The number of aliphatic hydroxyl groups is 1. The second-order valence-electron chi connectivity index (χ2n) is 7.39. The van der Waals surface area contributed by atoms with Gasteiger partial charge in [-0.05, 0) is 32.6 Å². The molecule has 5 nitrogen and oxygen atoms in total. The van der Waals surface area contributed by atoms with Crippen molar-refractivity contribution in [1.82, 2.24) is 15.5 Å². The van der Waals surface area contributed by atoms with Gasteiger partial charge < -0.3 is 15.2 Å². The van der Waals surface area contributed by atoms with Crippen LogP contribution in [0.4, 0.5) is 0 Å². The summed E-state index contributed by atoms with van der Waals surface area (Å²) in [5, 5.41) is 22.2. The Hall–Kier alpha value is -0.560. The van der Waals surface area contributed by atoms with Gasteiger partial charge in [0.1, 0.15) is 0 Å². The number of aromatic nitrogens is 2. The highest BCUT2D eigenvalue weighted by Gasteiger charge is 2.55. The van der Waals surface area contributed by atoms with Crippen LogP contribution in [0.2, 0.25) is 0 Å². The Labute approximate surface area is 135 Å². The van der Waals surface area contributed by atoms with E-state index in [1.54, 1.807) is 0 Å². The summed E-state index contributed by atoms with van der Waals surface area (Å²) in [7, 11) is 0. The fourth-order valence-corrected chi connectivity index (χ4v) is 6.45. The molecule has 4 heterocycles. The summed E-state index contributed by atoms with van der Waals surface area (Å²) in [6.07, 6.45) is 6.39. The van der Waals surface area contributed by atoms with Crippen molar-refractivity contribution in [2.45, 2.75) is 54.9 Å². The van der Waals surface area contributed by atoms with E-state index in [1.165, 1.54) is 5.56 Å². The number of ether oxygens (including phenoxy) is 1. The number of H-pyrrole nitrogens is 1. The lowest BCUT2D eigenvalue weighted by atomic mass is 9.70. The molecule has 122 valence electrons. The molecule has 3 aliphatic rings. The van der Waals surface area contributed by atoms with E-state index >= 15 is 0 Å². The van der Waals surface area contributed by atoms with Gasteiger partial charge in [-0.15, -0.1) is 11.8 Å². The highest BCUT2D eigenvalue weighted by molar-refractivity contribution is 8.00. The highest BCUT2D eigenvalue weighted by Crippen LogP contribution is 2.56. The van der Waals surface area contributed by atoms with Crippen LogP contribution in [0, 0.1) is 11.8 Å². The molecule has 0 bridgehead atoms. The van der Waals surface area contributed by atoms with Crippen molar-refractivity contribution >= 4 is 11.8 Å². The Morgan fingerprint density at radius 1 is 1.45 bits per heavy atom. The van der Waals surface area contributed by atoms with Crippen molar-refractivity contribution in [2.75, 3.05) is 13.2 Å². The van der Waals surface area contributed by atoms with E-state index in [2.05, 4.69) is 15.5 Å². The number of hydrogen-bond donors (Lipinski definition) is 3. The maximum atomic E-state index is 10.6. The first-order chi connectivity index (χ1) is 10.6. The number of nitrogens with one attached hydrogen (secondary N) is 2. The van der Waals surface area contributed by atoms with Gasteiger partial charge in [-0.3, -0.25) is 5.10 Å². The van der Waals surface area contributed by atoms with Crippen LogP contribution in [0.3, 0.4) is 0 Å². The molecule has 0 aliphatic carbocycles. The minimum Gasteiger partial charge on any atom is -0.389 e. The lowest BCUT2D eigenvalue weighted by molar-refractivity contribution is -0.0394. The predicted octanol–water partition coefficient (Wildman–Crippen LogP) is 1.72. The third kappa shape index (κ3) is 2.40. The first-order valence-electron chi connectivity index (χ1n) is 8.27. The van der Waals surface area contributed by atoms with Crippen molar-refractivity contribution in [1.29, 1.82) is 0 Å². The highest BCUT2D eigenvalue weighted by atomic mass is 32.2. The molecule has 3 N–H and O–H groups in total. The monoisotopic (exact) mass is 323 g/mol. The smallest absolute Gasteiger partial charge is 0.0778 e. The molecule has 0 aromatic carbocycles. The van der Waals surface area contributed by atoms with Gasteiger partial charge in [-0.1, -0.05) is 0 Å². The Kier molecular flexibility index (Phi) is 3.76. The van der Waals surface area contributed by atoms with Crippen LogP contribution in [0.15, 0.2) is 12.4 Å². The van der Waals surface area contributed by atoms with Crippen LogP contribution in [0.25, 0.3) is 0 Å². The maximum Gasteiger partial charge on any atom is 0.0778 e. The SMILES string of the molecule is CC(C)(O)C1NCC2SC(c3cn[nH]c3)C3OCCCC1C23. The van der Waals surface area contributed by atoms with Crippen LogP contribution in [0.1, 0.15) is 37.5 Å². The number of rotatable bonds is 2. The normalized spacial score (nSPS) is 42.0. The molecule has 1 aromatic rings. The second kappa shape index (κ2) is 5.51. The summed E-state index contributed by atoms with van der Waals surface area (Å²) >= 11 is 2.02. The van der Waals surface area contributed by atoms with E-state index in [-0.39, 0.29) is 12.1 Å². The van der Waals surface area contributed by atoms with Gasteiger partial charge in [-0.25, -0.2) is 0 Å². The summed E-state index contributed by atoms with van der Waals surface area (Å²) < 4.78 is 6.29. The Morgan fingerprint density at radius 2 is 2.32 bits per heavy atom. The van der Waals surface area contributed by atoms with Crippen molar-refractivity contribution in [3.05, 3.63) is 18.0 Å². The van der Waals surface area contributed by atoms with Gasteiger partial charge in [0.2, 0.25) is 0 Å². The van der Waals surface area contributed by atoms with Crippen LogP contribution in [0.5, 0.6) is 0 Å². The zero-order valence-corrected chi connectivity index (χ0v) is 14.0. The van der Waals surface area contributed by atoms with E-state index < -0.39 is 5.60 Å². The summed E-state index contributed by atoms with van der Waals surface area (Å²) in [4.78, 5) is 0. The second-order valence-corrected chi connectivity index (χ2v) is 8.77. The van der Waals surface area contributed by atoms with Crippen molar-refractivity contribution < 1.29 is 9.84 Å². The Bertz CT molecular complexity index is 516. The Morgan fingerprint density at radius 3 is 3.05 bits per heavy atom. The van der Waals surface area contributed by atoms with E-state index in [1.807, 2.05) is 38.0 Å². The molecule has 0 spiro atoms. The standard InChI is InChI=1S/C16H25N3O2S/c1-16(2,20)15-10-4-3-5-21-13-12(10)11(8-17-15)22-14(13)9-6-18-19-7-9/h6-7,10-15,17,20H,3-5,8H2,1-2H3,(H,18,19). The molecule has 3 aliphatic heterocycles. The van der Waals surface area contributed by atoms with Crippen molar-refractivity contribution in [3.63, 3.8) is 0 Å². The largest absolute Gasteiger partial charge is 0.389 e. The van der Waals surface area contributed by atoms with Crippen molar-refractivity contribution in [3.8, 4) is 0 Å². The molecule has 6 atom stereocenters. The molecule has 0 saturated carbocycles. The van der Waals surface area contributed by atoms with E-state index in [0.29, 0.717) is 22.3 Å². The first kappa shape index (κ1) is 15.0. The molecule has 3 saturated heterocycles. The zero-order chi connectivity index (χ0) is 15.3. The first-order valence-corrected chi connectivity index (χ1v) is 9.21. The number of aromatic amines is 1. The van der Waals surface area contributed by atoms with E-state index in [0.717, 1.165) is 26.0 Å². The molecule has 3 fully saturated rings. The third-order valence-electron chi connectivity index (χ3n) is 5.49. The van der Waals surface area contributed by atoms with Gasteiger partial charge in [0.15, 0.2) is 0 Å². The lowest BCUT2D eigenvalue weighted by Gasteiger charge is -2.46. The minimum absolute atomic E-state index is 0.154. The molecule has 6 unspecified atom stereocenters. The van der Waals surface area contributed by atoms with Crippen molar-refractivity contribution in [2.24, 2.45) is 11.8 Å². The molecule has 0 amide bonds. The Balaban J connectivity index is 1.67. The lowest BCUT2D eigenvalue weighted by Crippen LogP contribution is -2.61. The average molecular weight is 323 g/mol. The van der Waals surface area contributed by atoms with Crippen LogP contribution >= 0.6 is 11.8 Å². The van der Waals surface area contributed by atoms with Gasteiger partial charge in [0, 0.05) is 42.1 Å². The van der Waals surface area contributed by atoms with Gasteiger partial charge in [-0.2, -0.15) is 5.10 Å². The molecular formula is C16H25N3O2S. The van der Waals surface area contributed by atoms with Gasteiger partial charge in [0.05, 0.1) is 23.2 Å². The maximum absolute atomic E-state index is 10.6. The molecule has 4 rings (SSSR count).